The summed E-state index contributed by atoms with van der Waals surface area (Å²) >= 11 is 0. The van der Waals surface area contributed by atoms with Gasteiger partial charge in [0.25, 0.3) is 0 Å². The van der Waals surface area contributed by atoms with Crippen LogP contribution in [0.1, 0.15) is 24.0 Å². The minimum Gasteiger partial charge on any atom is -0.459 e. The maximum Gasteiger partial charge on any atom is 0.416 e. The Hall–Kier alpha value is -1.75. The standard InChI is InChI=1S/C15H13F3O2/c16-15(17,18)12-4-2-11(3-5-12)10-13-6-8-14(20-13)7-1-9-19-14/h2-6,8,10H,1,7,9H2/b13-10+. The zero-order chi connectivity index (χ0) is 14.2. The Bertz CT molecular complexity index is 549. The van der Waals surface area contributed by atoms with Crippen molar-refractivity contribution in [3.05, 3.63) is 53.3 Å². The Balaban J connectivity index is 1.75. The SMILES string of the molecule is FC(F)(F)c1ccc(/C=C2\C=CC3(CCCO3)O2)cc1. The zero-order valence-electron chi connectivity index (χ0n) is 10.6. The monoisotopic (exact) mass is 282 g/mol. The molecule has 0 saturated carbocycles. The van der Waals surface area contributed by atoms with Gasteiger partial charge in [-0.3, -0.25) is 0 Å². The number of benzene rings is 1. The van der Waals surface area contributed by atoms with Gasteiger partial charge < -0.3 is 9.47 Å². The van der Waals surface area contributed by atoms with E-state index in [0.29, 0.717) is 17.9 Å². The second-order valence-electron chi connectivity index (χ2n) is 4.87. The molecule has 0 N–H and O–H groups in total. The number of hydrogen-bond acceptors (Lipinski definition) is 2. The predicted octanol–water partition coefficient (Wildman–Crippen LogP) is 4.14. The smallest absolute Gasteiger partial charge is 0.416 e. The third-order valence-electron chi connectivity index (χ3n) is 3.36. The fourth-order valence-corrected chi connectivity index (χ4v) is 2.33. The second-order valence-corrected chi connectivity index (χ2v) is 4.87. The van der Waals surface area contributed by atoms with E-state index in [1.165, 1.54) is 12.1 Å². The van der Waals surface area contributed by atoms with Crippen LogP contribution in [0.3, 0.4) is 0 Å². The highest BCUT2D eigenvalue weighted by molar-refractivity contribution is 5.55. The topological polar surface area (TPSA) is 18.5 Å². The lowest BCUT2D eigenvalue weighted by Gasteiger charge is -2.20. The van der Waals surface area contributed by atoms with Crippen LogP contribution in [-0.4, -0.2) is 12.4 Å². The Kier molecular flexibility index (Phi) is 3.09. The summed E-state index contributed by atoms with van der Waals surface area (Å²) in [5.74, 6) is -0.0516. The number of rotatable bonds is 1. The molecule has 1 aromatic carbocycles. The predicted molar refractivity (Wildman–Crippen MR) is 67.6 cm³/mol. The van der Waals surface area contributed by atoms with E-state index in [4.69, 9.17) is 9.47 Å². The summed E-state index contributed by atoms with van der Waals surface area (Å²) in [4.78, 5) is 0. The van der Waals surface area contributed by atoms with Crippen molar-refractivity contribution in [3.8, 4) is 0 Å². The lowest BCUT2D eigenvalue weighted by Crippen LogP contribution is -2.24. The molecule has 3 rings (SSSR count). The van der Waals surface area contributed by atoms with Crippen LogP contribution in [0.4, 0.5) is 13.2 Å². The molecular formula is C15H13F3O2. The van der Waals surface area contributed by atoms with Crippen LogP contribution >= 0.6 is 0 Å². The molecule has 1 spiro atoms. The summed E-state index contributed by atoms with van der Waals surface area (Å²) in [5.41, 5.74) is 0.00539. The van der Waals surface area contributed by atoms with E-state index >= 15 is 0 Å². The van der Waals surface area contributed by atoms with Crippen LogP contribution in [0.15, 0.2) is 42.2 Å². The second kappa shape index (κ2) is 4.66. The maximum absolute atomic E-state index is 12.5. The molecule has 0 aromatic heterocycles. The average molecular weight is 282 g/mol. The van der Waals surface area contributed by atoms with Gasteiger partial charge in [0.2, 0.25) is 5.79 Å². The molecule has 5 heteroatoms. The van der Waals surface area contributed by atoms with Gasteiger partial charge in [-0.1, -0.05) is 12.1 Å². The first-order chi connectivity index (χ1) is 9.47. The Morgan fingerprint density at radius 1 is 1.15 bits per heavy atom. The minimum atomic E-state index is -4.31. The third-order valence-corrected chi connectivity index (χ3v) is 3.36. The Morgan fingerprint density at radius 3 is 2.50 bits per heavy atom. The molecule has 2 aliphatic rings. The number of allylic oxidation sites excluding steroid dienone is 1. The maximum atomic E-state index is 12.5. The molecule has 20 heavy (non-hydrogen) atoms. The van der Waals surface area contributed by atoms with E-state index in [9.17, 15) is 13.2 Å². The molecule has 1 fully saturated rings. The van der Waals surface area contributed by atoms with Crippen molar-refractivity contribution in [2.75, 3.05) is 6.61 Å². The van der Waals surface area contributed by atoms with E-state index in [-0.39, 0.29) is 0 Å². The lowest BCUT2D eigenvalue weighted by atomic mass is 10.1. The van der Waals surface area contributed by atoms with E-state index in [0.717, 1.165) is 25.0 Å². The first-order valence-corrected chi connectivity index (χ1v) is 6.38. The lowest BCUT2D eigenvalue weighted by molar-refractivity contribution is -0.137. The van der Waals surface area contributed by atoms with Crippen LogP contribution in [0.2, 0.25) is 0 Å². The van der Waals surface area contributed by atoms with Crippen molar-refractivity contribution in [2.24, 2.45) is 0 Å². The molecule has 106 valence electrons. The minimum absolute atomic E-state index is 0.603. The largest absolute Gasteiger partial charge is 0.459 e. The third kappa shape index (κ3) is 2.58. The highest BCUT2D eigenvalue weighted by Crippen LogP contribution is 2.36. The van der Waals surface area contributed by atoms with Crippen molar-refractivity contribution in [2.45, 2.75) is 24.8 Å². The van der Waals surface area contributed by atoms with E-state index in [2.05, 4.69) is 0 Å². The molecule has 1 aromatic rings. The molecule has 0 bridgehead atoms. The van der Waals surface area contributed by atoms with Crippen LogP contribution in [0, 0.1) is 0 Å². The van der Waals surface area contributed by atoms with Crippen LogP contribution in [0.25, 0.3) is 6.08 Å². The van der Waals surface area contributed by atoms with Gasteiger partial charge in [0, 0.05) is 6.42 Å². The van der Waals surface area contributed by atoms with Gasteiger partial charge in [0.1, 0.15) is 5.76 Å². The number of ether oxygens (including phenoxy) is 2. The van der Waals surface area contributed by atoms with Crippen LogP contribution < -0.4 is 0 Å². The molecule has 0 radical (unpaired) electrons. The molecule has 0 aliphatic carbocycles. The van der Waals surface area contributed by atoms with Gasteiger partial charge in [-0.25, -0.2) is 0 Å². The normalized spacial score (nSPS) is 27.4. The van der Waals surface area contributed by atoms with E-state index in [1.807, 2.05) is 6.08 Å². The van der Waals surface area contributed by atoms with E-state index < -0.39 is 17.5 Å². The van der Waals surface area contributed by atoms with Gasteiger partial charge in [0.05, 0.1) is 12.2 Å². The summed E-state index contributed by atoms with van der Waals surface area (Å²) in [6.07, 6.45) is 2.79. The number of hydrogen-bond donors (Lipinski definition) is 0. The molecule has 1 atom stereocenters. The average Bonchev–Trinajstić information content (AvgIpc) is 3.00. The molecule has 2 aliphatic heterocycles. The van der Waals surface area contributed by atoms with E-state index in [1.54, 1.807) is 12.2 Å². The summed E-state index contributed by atoms with van der Waals surface area (Å²) in [6, 6.07) is 4.97. The summed E-state index contributed by atoms with van der Waals surface area (Å²) < 4.78 is 48.6. The molecule has 0 amide bonds. The fraction of sp³-hybridized carbons (Fsp3) is 0.333. The zero-order valence-corrected chi connectivity index (χ0v) is 10.6. The van der Waals surface area contributed by atoms with Gasteiger partial charge in [-0.15, -0.1) is 0 Å². The van der Waals surface area contributed by atoms with Crippen molar-refractivity contribution >= 4 is 6.08 Å². The molecule has 2 heterocycles. The molecule has 1 unspecified atom stereocenters. The summed E-state index contributed by atoms with van der Waals surface area (Å²) in [5, 5.41) is 0. The Morgan fingerprint density at radius 2 is 1.90 bits per heavy atom. The molecule has 2 nitrogen and oxygen atoms in total. The summed E-state index contributed by atoms with van der Waals surface area (Å²) in [7, 11) is 0. The number of halogens is 3. The highest BCUT2D eigenvalue weighted by atomic mass is 19.4. The first kappa shape index (κ1) is 13.2. The Labute approximate surface area is 114 Å². The van der Waals surface area contributed by atoms with Gasteiger partial charge >= 0.3 is 6.18 Å². The molecular weight excluding hydrogens is 269 g/mol. The van der Waals surface area contributed by atoms with Gasteiger partial charge in [0.15, 0.2) is 0 Å². The van der Waals surface area contributed by atoms with Crippen molar-refractivity contribution < 1.29 is 22.6 Å². The van der Waals surface area contributed by atoms with Crippen molar-refractivity contribution in [1.29, 1.82) is 0 Å². The highest BCUT2D eigenvalue weighted by Gasteiger charge is 2.38. The van der Waals surface area contributed by atoms with Crippen molar-refractivity contribution in [3.63, 3.8) is 0 Å². The van der Waals surface area contributed by atoms with Crippen LogP contribution in [0.5, 0.6) is 0 Å². The fourth-order valence-electron chi connectivity index (χ4n) is 2.33. The summed E-state index contributed by atoms with van der Waals surface area (Å²) in [6.45, 7) is 0.665. The van der Waals surface area contributed by atoms with Gasteiger partial charge in [-0.2, -0.15) is 13.2 Å². The number of alkyl halides is 3. The first-order valence-electron chi connectivity index (χ1n) is 6.38. The van der Waals surface area contributed by atoms with Crippen molar-refractivity contribution in [1.82, 2.24) is 0 Å². The molecule has 1 saturated heterocycles. The quantitative estimate of drug-likeness (QED) is 0.770. The van der Waals surface area contributed by atoms with Gasteiger partial charge in [-0.05, 0) is 42.3 Å². The van der Waals surface area contributed by atoms with Crippen LogP contribution in [-0.2, 0) is 15.7 Å².